The third kappa shape index (κ3) is 9.87. The molecule has 1 aromatic rings. The van der Waals surface area contributed by atoms with Crippen LogP contribution in [0.4, 0.5) is 0 Å². The SMILES string of the molecule is CCCCN=C(N)NCCc1ccc(OCCCC)cc1.I. The highest BCUT2D eigenvalue weighted by molar-refractivity contribution is 14.0. The molecule has 0 aromatic heterocycles. The molecule has 3 N–H and O–H groups in total. The van der Waals surface area contributed by atoms with Crippen molar-refractivity contribution in [3.63, 3.8) is 0 Å². The van der Waals surface area contributed by atoms with Gasteiger partial charge in [0.15, 0.2) is 5.96 Å². The number of hydrogen-bond donors (Lipinski definition) is 2. The van der Waals surface area contributed by atoms with Gasteiger partial charge in [0.2, 0.25) is 0 Å². The normalized spacial score (nSPS) is 10.9. The lowest BCUT2D eigenvalue weighted by molar-refractivity contribution is 0.309. The predicted molar refractivity (Wildman–Crippen MR) is 105 cm³/mol. The molecule has 0 heterocycles. The first-order valence-corrected chi connectivity index (χ1v) is 8.01. The summed E-state index contributed by atoms with van der Waals surface area (Å²) in [7, 11) is 0. The van der Waals surface area contributed by atoms with Crippen LogP contribution in [0.3, 0.4) is 0 Å². The molecule has 0 saturated heterocycles. The molecule has 0 fully saturated rings. The summed E-state index contributed by atoms with van der Waals surface area (Å²) >= 11 is 0. The van der Waals surface area contributed by atoms with Crippen molar-refractivity contribution in [2.75, 3.05) is 19.7 Å². The van der Waals surface area contributed by atoms with E-state index >= 15 is 0 Å². The maximum absolute atomic E-state index is 5.79. The molecule has 0 unspecified atom stereocenters. The molecule has 0 aliphatic carbocycles. The number of unbranched alkanes of at least 4 members (excludes halogenated alkanes) is 2. The van der Waals surface area contributed by atoms with Crippen LogP contribution in [-0.2, 0) is 6.42 Å². The van der Waals surface area contributed by atoms with Crippen molar-refractivity contribution in [1.82, 2.24) is 5.32 Å². The Balaban J connectivity index is 0.00000441. The van der Waals surface area contributed by atoms with Gasteiger partial charge in [-0.2, -0.15) is 0 Å². The minimum absolute atomic E-state index is 0. The summed E-state index contributed by atoms with van der Waals surface area (Å²) < 4.78 is 5.64. The molecule has 0 aliphatic rings. The number of nitrogens with two attached hydrogens (primary N) is 1. The van der Waals surface area contributed by atoms with Gasteiger partial charge < -0.3 is 15.8 Å². The van der Waals surface area contributed by atoms with Gasteiger partial charge in [-0.1, -0.05) is 38.8 Å². The second-order valence-corrected chi connectivity index (χ2v) is 5.14. The van der Waals surface area contributed by atoms with Gasteiger partial charge in [0.05, 0.1) is 6.61 Å². The summed E-state index contributed by atoms with van der Waals surface area (Å²) in [5.41, 5.74) is 7.06. The second kappa shape index (κ2) is 13.7. The predicted octanol–water partition coefficient (Wildman–Crippen LogP) is 3.73. The number of nitrogens with zero attached hydrogens (tertiary/aromatic N) is 1. The van der Waals surface area contributed by atoms with Crippen LogP contribution in [0.15, 0.2) is 29.3 Å². The molecule has 126 valence electrons. The van der Waals surface area contributed by atoms with Crippen LogP contribution >= 0.6 is 24.0 Å². The van der Waals surface area contributed by atoms with Crippen LogP contribution in [0.2, 0.25) is 0 Å². The minimum atomic E-state index is 0. The first kappa shape index (κ1) is 21.0. The molecule has 5 heteroatoms. The monoisotopic (exact) mass is 419 g/mol. The number of benzene rings is 1. The third-order valence-corrected chi connectivity index (χ3v) is 3.20. The lowest BCUT2D eigenvalue weighted by Crippen LogP contribution is -2.33. The number of aliphatic imine (C=N–C) groups is 1. The van der Waals surface area contributed by atoms with E-state index in [9.17, 15) is 0 Å². The van der Waals surface area contributed by atoms with E-state index in [1.54, 1.807) is 0 Å². The number of ether oxygens (including phenoxy) is 1. The molecule has 22 heavy (non-hydrogen) atoms. The number of halogens is 1. The van der Waals surface area contributed by atoms with Crippen LogP contribution in [0, 0.1) is 0 Å². The van der Waals surface area contributed by atoms with Crippen LogP contribution < -0.4 is 15.8 Å². The standard InChI is InChI=1S/C17H29N3O.HI/c1-3-5-12-19-17(18)20-13-11-15-7-9-16(10-8-15)21-14-6-4-2;/h7-10H,3-6,11-14H2,1-2H3,(H3,18,19,20);1H. The fraction of sp³-hybridized carbons (Fsp3) is 0.588. The highest BCUT2D eigenvalue weighted by atomic mass is 127. The van der Waals surface area contributed by atoms with Gasteiger partial charge in [-0.25, -0.2) is 0 Å². The number of nitrogens with one attached hydrogen (secondary N) is 1. The van der Waals surface area contributed by atoms with E-state index in [1.807, 2.05) is 12.1 Å². The summed E-state index contributed by atoms with van der Waals surface area (Å²) in [6, 6.07) is 8.27. The molecular weight excluding hydrogens is 389 g/mol. The van der Waals surface area contributed by atoms with Gasteiger partial charge >= 0.3 is 0 Å². The number of guanidine groups is 1. The van der Waals surface area contributed by atoms with Gasteiger partial charge in [0, 0.05) is 13.1 Å². The van der Waals surface area contributed by atoms with E-state index in [4.69, 9.17) is 10.5 Å². The Morgan fingerprint density at radius 1 is 1.14 bits per heavy atom. The van der Waals surface area contributed by atoms with E-state index in [2.05, 4.69) is 36.3 Å². The molecule has 1 rings (SSSR count). The maximum Gasteiger partial charge on any atom is 0.188 e. The summed E-state index contributed by atoms with van der Waals surface area (Å²) in [4.78, 5) is 4.26. The highest BCUT2D eigenvalue weighted by Gasteiger charge is 1.97. The Morgan fingerprint density at radius 2 is 1.82 bits per heavy atom. The second-order valence-electron chi connectivity index (χ2n) is 5.14. The van der Waals surface area contributed by atoms with E-state index in [0.29, 0.717) is 5.96 Å². The molecule has 0 spiro atoms. The number of hydrogen-bond acceptors (Lipinski definition) is 2. The van der Waals surface area contributed by atoms with Gasteiger partial charge in [0.25, 0.3) is 0 Å². The lowest BCUT2D eigenvalue weighted by atomic mass is 10.1. The Hall–Kier alpha value is -0.980. The zero-order valence-corrected chi connectivity index (χ0v) is 16.1. The van der Waals surface area contributed by atoms with E-state index in [1.165, 1.54) is 5.56 Å². The van der Waals surface area contributed by atoms with E-state index < -0.39 is 0 Å². The molecule has 0 bridgehead atoms. The summed E-state index contributed by atoms with van der Waals surface area (Å²) in [5.74, 6) is 1.49. The molecule has 0 atom stereocenters. The fourth-order valence-corrected chi connectivity index (χ4v) is 1.84. The molecule has 0 saturated carbocycles. The van der Waals surface area contributed by atoms with Crippen molar-refractivity contribution in [2.45, 2.75) is 46.0 Å². The van der Waals surface area contributed by atoms with Gasteiger partial charge in [-0.05, 0) is 37.0 Å². The minimum Gasteiger partial charge on any atom is -0.494 e. The Bertz CT molecular complexity index is 407. The molecule has 0 radical (unpaired) electrons. The largest absolute Gasteiger partial charge is 0.494 e. The lowest BCUT2D eigenvalue weighted by Gasteiger charge is -2.08. The quantitative estimate of drug-likeness (QED) is 0.263. The van der Waals surface area contributed by atoms with E-state index in [0.717, 1.165) is 57.6 Å². The van der Waals surface area contributed by atoms with Crippen molar-refractivity contribution >= 4 is 29.9 Å². The van der Waals surface area contributed by atoms with Crippen LogP contribution in [0.25, 0.3) is 0 Å². The van der Waals surface area contributed by atoms with Gasteiger partial charge in [-0.15, -0.1) is 24.0 Å². The molecule has 0 aliphatic heterocycles. The number of rotatable bonds is 10. The summed E-state index contributed by atoms with van der Waals surface area (Å²) in [5, 5.41) is 3.14. The van der Waals surface area contributed by atoms with Gasteiger partial charge in [-0.3, -0.25) is 4.99 Å². The summed E-state index contributed by atoms with van der Waals surface area (Å²) in [6.07, 6.45) is 5.41. The van der Waals surface area contributed by atoms with Gasteiger partial charge in [0.1, 0.15) is 5.75 Å². The average Bonchev–Trinajstić information content (AvgIpc) is 2.49. The smallest absolute Gasteiger partial charge is 0.188 e. The fourth-order valence-electron chi connectivity index (χ4n) is 1.84. The molecule has 1 aromatic carbocycles. The Labute approximate surface area is 151 Å². The van der Waals surface area contributed by atoms with Crippen molar-refractivity contribution in [1.29, 1.82) is 0 Å². The third-order valence-electron chi connectivity index (χ3n) is 3.20. The topological polar surface area (TPSA) is 59.6 Å². The van der Waals surface area contributed by atoms with Crippen LogP contribution in [0.1, 0.15) is 45.1 Å². The van der Waals surface area contributed by atoms with E-state index in [-0.39, 0.29) is 24.0 Å². The Kier molecular flexibility index (Phi) is 13.1. The van der Waals surface area contributed by atoms with Crippen molar-refractivity contribution in [3.05, 3.63) is 29.8 Å². The zero-order valence-electron chi connectivity index (χ0n) is 13.8. The zero-order chi connectivity index (χ0) is 15.3. The Morgan fingerprint density at radius 3 is 2.45 bits per heavy atom. The first-order valence-electron chi connectivity index (χ1n) is 8.01. The first-order chi connectivity index (χ1) is 10.3. The van der Waals surface area contributed by atoms with Crippen LogP contribution in [-0.4, -0.2) is 25.7 Å². The molecular formula is C17H30IN3O. The van der Waals surface area contributed by atoms with Crippen molar-refractivity contribution < 1.29 is 4.74 Å². The van der Waals surface area contributed by atoms with Crippen LogP contribution in [0.5, 0.6) is 5.75 Å². The summed E-state index contributed by atoms with van der Waals surface area (Å²) in [6.45, 7) is 6.71. The molecule has 0 amide bonds. The van der Waals surface area contributed by atoms with Crippen molar-refractivity contribution in [2.24, 2.45) is 10.7 Å². The van der Waals surface area contributed by atoms with Crippen molar-refractivity contribution in [3.8, 4) is 5.75 Å². The molecule has 4 nitrogen and oxygen atoms in total. The highest BCUT2D eigenvalue weighted by Crippen LogP contribution is 2.12. The average molecular weight is 419 g/mol. The maximum atomic E-state index is 5.79.